The van der Waals surface area contributed by atoms with E-state index in [0.717, 1.165) is 0 Å². The van der Waals surface area contributed by atoms with E-state index < -0.39 is 10.5 Å². The summed E-state index contributed by atoms with van der Waals surface area (Å²) in [5.74, 6) is 0.197. The molecule has 1 aromatic rings. The second-order valence-corrected chi connectivity index (χ2v) is 6.30. The Bertz CT molecular complexity index is 570. The van der Waals surface area contributed by atoms with Crippen LogP contribution in [0.2, 0.25) is 0 Å². The Morgan fingerprint density at radius 1 is 1.38 bits per heavy atom. The number of nitro groups is 1. The maximum absolute atomic E-state index is 11.1. The number of nitrogens with zero attached hydrogens (tertiary/aromatic N) is 2. The Morgan fingerprint density at radius 2 is 2.04 bits per heavy atom. The predicted octanol–water partition coefficient (Wildman–Crippen LogP) is 2.70. The first kappa shape index (κ1) is 19.9. The van der Waals surface area contributed by atoms with Gasteiger partial charge < -0.3 is 9.47 Å². The van der Waals surface area contributed by atoms with Crippen LogP contribution in [0.3, 0.4) is 0 Å². The number of benzene rings is 1. The van der Waals surface area contributed by atoms with Crippen LogP contribution in [0.1, 0.15) is 33.3 Å². The maximum Gasteiger partial charge on any atom is 0.311 e. The molecule has 0 N–H and O–H groups in total. The molecule has 1 atom stereocenters. The molecule has 0 unspecified atom stereocenters. The molecule has 24 heavy (non-hydrogen) atoms. The van der Waals surface area contributed by atoms with Gasteiger partial charge in [-0.25, -0.2) is 5.06 Å². The summed E-state index contributed by atoms with van der Waals surface area (Å²) in [7, 11) is 1.38. The van der Waals surface area contributed by atoms with Gasteiger partial charge >= 0.3 is 5.69 Å². The Labute approximate surface area is 141 Å². The molecule has 134 valence electrons. The van der Waals surface area contributed by atoms with Gasteiger partial charge in [0.25, 0.3) is 0 Å². The molecule has 0 spiro atoms. The van der Waals surface area contributed by atoms with Gasteiger partial charge in [0.2, 0.25) is 6.41 Å². The number of amides is 1. The summed E-state index contributed by atoms with van der Waals surface area (Å²) in [6.45, 7) is 7.72. The minimum atomic E-state index is -0.504. The molecule has 0 heterocycles. The smallest absolute Gasteiger partial charge is 0.311 e. The summed E-state index contributed by atoms with van der Waals surface area (Å²) in [6, 6.07) is 4.34. The van der Waals surface area contributed by atoms with Crippen molar-refractivity contribution in [1.29, 1.82) is 0 Å². The van der Waals surface area contributed by atoms with Crippen LogP contribution in [-0.2, 0) is 21.0 Å². The topological polar surface area (TPSA) is 91.1 Å². The van der Waals surface area contributed by atoms with E-state index in [1.807, 2.05) is 20.8 Å². The van der Waals surface area contributed by atoms with E-state index in [9.17, 15) is 14.9 Å². The zero-order chi connectivity index (χ0) is 18.3. The van der Waals surface area contributed by atoms with Crippen LogP contribution >= 0.6 is 0 Å². The summed E-state index contributed by atoms with van der Waals surface area (Å²) >= 11 is 0. The summed E-state index contributed by atoms with van der Waals surface area (Å²) in [4.78, 5) is 27.1. The molecule has 1 amide bonds. The Hall–Kier alpha value is -2.19. The number of hydroxylamine groups is 2. The molecule has 0 bridgehead atoms. The molecule has 0 aliphatic heterocycles. The zero-order valence-electron chi connectivity index (χ0n) is 14.6. The highest BCUT2D eigenvalue weighted by atomic mass is 16.7. The van der Waals surface area contributed by atoms with Crippen LogP contribution in [0.15, 0.2) is 18.2 Å². The molecule has 1 rings (SSSR count). The van der Waals surface area contributed by atoms with Gasteiger partial charge in [-0.15, -0.1) is 0 Å². The van der Waals surface area contributed by atoms with Gasteiger partial charge in [0.05, 0.1) is 36.9 Å². The number of nitro benzene ring substituents is 1. The average Bonchev–Trinajstić information content (AvgIpc) is 2.51. The van der Waals surface area contributed by atoms with Crippen molar-refractivity contribution in [2.75, 3.05) is 13.7 Å². The van der Waals surface area contributed by atoms with E-state index in [4.69, 9.17) is 14.3 Å². The largest absolute Gasteiger partial charge is 0.490 e. The third-order valence-electron chi connectivity index (χ3n) is 2.99. The van der Waals surface area contributed by atoms with Gasteiger partial charge in [-0.1, -0.05) is 6.07 Å². The minimum absolute atomic E-state index is 0.114. The molecule has 0 saturated heterocycles. The lowest BCUT2D eigenvalue weighted by Gasteiger charge is -2.30. The highest BCUT2D eigenvalue weighted by Gasteiger charge is 2.21. The lowest BCUT2D eigenvalue weighted by molar-refractivity contribution is -0.385. The SMILES string of the molecule is COc1ccc(COC[C@@H](C)N(C=O)OC(C)(C)C)cc1[N+](=O)[O-]. The average molecular weight is 340 g/mol. The van der Waals surface area contributed by atoms with Crippen molar-refractivity contribution < 1.29 is 24.0 Å². The molecule has 0 saturated carbocycles. The van der Waals surface area contributed by atoms with Crippen molar-refractivity contribution in [3.63, 3.8) is 0 Å². The van der Waals surface area contributed by atoms with E-state index in [0.29, 0.717) is 12.0 Å². The number of carbonyl (C=O) groups excluding carboxylic acids is 1. The standard InChI is InChI=1S/C16H24N2O6/c1-12(17(11-19)24-16(2,3)4)9-23-10-13-6-7-15(22-5)14(8-13)18(20)21/h6-8,11-12H,9-10H2,1-5H3/t12-/m1/s1. The molecule has 0 aromatic heterocycles. The highest BCUT2D eigenvalue weighted by molar-refractivity contribution is 5.48. The second-order valence-electron chi connectivity index (χ2n) is 6.30. The van der Waals surface area contributed by atoms with Crippen LogP contribution in [-0.4, -0.2) is 41.8 Å². The number of hydrogen-bond acceptors (Lipinski definition) is 6. The third-order valence-corrected chi connectivity index (χ3v) is 2.99. The van der Waals surface area contributed by atoms with E-state index in [1.165, 1.54) is 24.3 Å². The number of carbonyl (C=O) groups is 1. The summed E-state index contributed by atoms with van der Waals surface area (Å²) < 4.78 is 10.5. The summed E-state index contributed by atoms with van der Waals surface area (Å²) in [6.07, 6.45) is 0.609. The zero-order valence-corrected chi connectivity index (χ0v) is 14.6. The van der Waals surface area contributed by atoms with Crippen LogP contribution in [0.25, 0.3) is 0 Å². The van der Waals surface area contributed by atoms with Crippen LogP contribution < -0.4 is 4.74 Å². The molecule has 0 fully saturated rings. The van der Waals surface area contributed by atoms with Crippen molar-refractivity contribution in [2.45, 2.75) is 45.9 Å². The van der Waals surface area contributed by atoms with E-state index >= 15 is 0 Å². The van der Waals surface area contributed by atoms with Crippen molar-refractivity contribution in [1.82, 2.24) is 5.06 Å². The third kappa shape index (κ3) is 6.13. The minimum Gasteiger partial charge on any atom is -0.490 e. The van der Waals surface area contributed by atoms with Crippen molar-refractivity contribution >= 4 is 12.1 Å². The van der Waals surface area contributed by atoms with E-state index in [1.54, 1.807) is 13.0 Å². The van der Waals surface area contributed by atoms with Gasteiger partial charge in [0, 0.05) is 6.07 Å². The molecule has 0 aliphatic carbocycles. The fraction of sp³-hybridized carbons (Fsp3) is 0.562. The molecule has 0 aliphatic rings. The Balaban J connectivity index is 2.62. The first-order valence-electron chi connectivity index (χ1n) is 7.49. The molecular formula is C16H24N2O6. The molecule has 0 radical (unpaired) electrons. The molecular weight excluding hydrogens is 316 g/mol. The summed E-state index contributed by atoms with van der Waals surface area (Å²) in [5.41, 5.74) is 0.0347. The number of ether oxygens (including phenoxy) is 2. The lowest BCUT2D eigenvalue weighted by Crippen LogP contribution is -2.41. The number of hydrogen-bond donors (Lipinski definition) is 0. The van der Waals surface area contributed by atoms with E-state index in [2.05, 4.69) is 0 Å². The van der Waals surface area contributed by atoms with Gasteiger partial charge in [0.1, 0.15) is 0 Å². The second kappa shape index (κ2) is 8.60. The van der Waals surface area contributed by atoms with Crippen molar-refractivity contribution in [2.24, 2.45) is 0 Å². The van der Waals surface area contributed by atoms with Gasteiger partial charge in [0.15, 0.2) is 5.75 Å². The fourth-order valence-corrected chi connectivity index (χ4v) is 1.92. The molecule has 1 aromatic carbocycles. The number of methoxy groups -OCH3 is 1. The van der Waals surface area contributed by atoms with E-state index in [-0.39, 0.29) is 30.7 Å². The molecule has 8 nitrogen and oxygen atoms in total. The monoisotopic (exact) mass is 340 g/mol. The van der Waals surface area contributed by atoms with Gasteiger partial charge in [-0.2, -0.15) is 0 Å². The fourth-order valence-electron chi connectivity index (χ4n) is 1.92. The van der Waals surface area contributed by atoms with Crippen molar-refractivity contribution in [3.05, 3.63) is 33.9 Å². The normalized spacial score (nSPS) is 12.5. The lowest BCUT2D eigenvalue weighted by atomic mass is 10.2. The first-order valence-corrected chi connectivity index (χ1v) is 7.49. The predicted molar refractivity (Wildman–Crippen MR) is 87.5 cm³/mol. The van der Waals surface area contributed by atoms with Crippen LogP contribution in [0.4, 0.5) is 5.69 Å². The van der Waals surface area contributed by atoms with Crippen LogP contribution in [0, 0.1) is 10.1 Å². The van der Waals surface area contributed by atoms with Crippen LogP contribution in [0.5, 0.6) is 5.75 Å². The summed E-state index contributed by atoms with van der Waals surface area (Å²) in [5, 5.41) is 12.2. The maximum atomic E-state index is 11.1. The number of rotatable bonds is 9. The Morgan fingerprint density at radius 3 is 2.54 bits per heavy atom. The first-order chi connectivity index (χ1) is 11.2. The van der Waals surface area contributed by atoms with Gasteiger partial charge in [-0.3, -0.25) is 19.7 Å². The molecule has 8 heteroatoms. The van der Waals surface area contributed by atoms with Gasteiger partial charge in [-0.05, 0) is 39.3 Å². The Kier molecular flexibility index (Phi) is 7.12. The van der Waals surface area contributed by atoms with Crippen molar-refractivity contribution in [3.8, 4) is 5.75 Å². The quantitative estimate of drug-likeness (QED) is 0.390. The highest BCUT2D eigenvalue weighted by Crippen LogP contribution is 2.27.